The highest BCUT2D eigenvalue weighted by Gasteiger charge is 2.25. The SMILES string of the molecule is CN=C(NCc1ncc(C(C)(C)C)o1)NCC1Cc2ccccc21.I. The van der Waals surface area contributed by atoms with Crippen LogP contribution in [0.5, 0.6) is 0 Å². The molecule has 25 heavy (non-hydrogen) atoms. The van der Waals surface area contributed by atoms with Gasteiger partial charge in [-0.05, 0) is 17.5 Å². The van der Waals surface area contributed by atoms with Crippen molar-refractivity contribution in [3.05, 3.63) is 53.2 Å². The van der Waals surface area contributed by atoms with E-state index in [1.165, 1.54) is 11.1 Å². The molecule has 1 aromatic heterocycles. The molecule has 3 rings (SSSR count). The third kappa shape index (κ3) is 4.74. The van der Waals surface area contributed by atoms with Gasteiger partial charge in [-0.15, -0.1) is 24.0 Å². The van der Waals surface area contributed by atoms with Crippen molar-refractivity contribution in [2.45, 2.75) is 45.1 Å². The number of nitrogens with zero attached hydrogens (tertiary/aromatic N) is 2. The number of rotatable bonds is 4. The minimum Gasteiger partial charge on any atom is -0.443 e. The van der Waals surface area contributed by atoms with Crippen LogP contribution in [0.2, 0.25) is 0 Å². The summed E-state index contributed by atoms with van der Waals surface area (Å²) in [4.78, 5) is 8.60. The summed E-state index contributed by atoms with van der Waals surface area (Å²) in [6.45, 7) is 7.75. The van der Waals surface area contributed by atoms with E-state index in [-0.39, 0.29) is 29.4 Å². The third-order valence-electron chi connectivity index (χ3n) is 4.40. The highest BCUT2D eigenvalue weighted by Crippen LogP contribution is 2.33. The molecule has 0 saturated heterocycles. The zero-order valence-electron chi connectivity index (χ0n) is 15.3. The van der Waals surface area contributed by atoms with Crippen LogP contribution in [0, 0.1) is 0 Å². The van der Waals surface area contributed by atoms with E-state index in [9.17, 15) is 0 Å². The van der Waals surface area contributed by atoms with Gasteiger partial charge in [0.05, 0.1) is 12.7 Å². The van der Waals surface area contributed by atoms with E-state index in [0.717, 1.165) is 24.7 Å². The first-order valence-corrected chi connectivity index (χ1v) is 8.45. The van der Waals surface area contributed by atoms with Crippen LogP contribution in [0.15, 0.2) is 39.9 Å². The lowest BCUT2D eigenvalue weighted by atomic mass is 9.78. The number of hydrogen-bond donors (Lipinski definition) is 2. The Morgan fingerprint density at radius 1 is 1.28 bits per heavy atom. The fourth-order valence-electron chi connectivity index (χ4n) is 2.88. The Hall–Kier alpha value is -1.57. The summed E-state index contributed by atoms with van der Waals surface area (Å²) >= 11 is 0. The Morgan fingerprint density at radius 3 is 2.68 bits per heavy atom. The van der Waals surface area contributed by atoms with E-state index in [1.807, 2.05) is 0 Å². The monoisotopic (exact) mass is 454 g/mol. The lowest BCUT2D eigenvalue weighted by molar-refractivity contribution is 0.379. The largest absolute Gasteiger partial charge is 0.443 e. The highest BCUT2D eigenvalue weighted by molar-refractivity contribution is 14.0. The molecule has 0 radical (unpaired) electrons. The molecule has 0 spiro atoms. The molecule has 1 unspecified atom stereocenters. The van der Waals surface area contributed by atoms with Crippen LogP contribution in [-0.2, 0) is 18.4 Å². The predicted molar refractivity (Wildman–Crippen MR) is 112 cm³/mol. The second-order valence-electron chi connectivity index (χ2n) is 7.27. The van der Waals surface area contributed by atoms with Gasteiger partial charge in [-0.25, -0.2) is 4.98 Å². The molecule has 1 heterocycles. The third-order valence-corrected chi connectivity index (χ3v) is 4.40. The zero-order valence-corrected chi connectivity index (χ0v) is 17.6. The molecule has 0 fully saturated rings. The van der Waals surface area contributed by atoms with Crippen LogP contribution >= 0.6 is 24.0 Å². The van der Waals surface area contributed by atoms with Gasteiger partial charge in [-0.2, -0.15) is 0 Å². The van der Waals surface area contributed by atoms with Crippen LogP contribution in [-0.4, -0.2) is 24.5 Å². The number of halogens is 1. The molecule has 2 N–H and O–H groups in total. The molecule has 5 nitrogen and oxygen atoms in total. The Morgan fingerprint density at radius 2 is 2.04 bits per heavy atom. The van der Waals surface area contributed by atoms with Crippen molar-refractivity contribution in [2.24, 2.45) is 4.99 Å². The highest BCUT2D eigenvalue weighted by atomic mass is 127. The normalized spacial score (nSPS) is 16.5. The molecule has 1 aliphatic rings. The first kappa shape index (κ1) is 19.8. The molecule has 136 valence electrons. The molecule has 1 aliphatic carbocycles. The van der Waals surface area contributed by atoms with Gasteiger partial charge in [0.2, 0.25) is 5.89 Å². The minimum atomic E-state index is -0.0250. The maximum atomic E-state index is 5.79. The average molecular weight is 454 g/mol. The molecule has 0 amide bonds. The molecule has 0 saturated carbocycles. The van der Waals surface area contributed by atoms with Gasteiger partial charge in [0.25, 0.3) is 0 Å². The molecule has 1 aromatic carbocycles. The number of oxazole rings is 1. The Labute approximate surface area is 166 Å². The number of aromatic nitrogens is 1. The summed E-state index contributed by atoms with van der Waals surface area (Å²) in [7, 11) is 1.78. The summed E-state index contributed by atoms with van der Waals surface area (Å²) in [5.41, 5.74) is 2.88. The Balaban J connectivity index is 0.00000225. The van der Waals surface area contributed by atoms with Crippen LogP contribution < -0.4 is 10.6 Å². The van der Waals surface area contributed by atoms with E-state index < -0.39 is 0 Å². The summed E-state index contributed by atoms with van der Waals surface area (Å²) in [5, 5.41) is 6.65. The van der Waals surface area contributed by atoms with Gasteiger partial charge < -0.3 is 15.1 Å². The Bertz CT molecular complexity index is 733. The van der Waals surface area contributed by atoms with Crippen molar-refractivity contribution in [3.63, 3.8) is 0 Å². The van der Waals surface area contributed by atoms with Gasteiger partial charge in [-0.1, -0.05) is 45.0 Å². The van der Waals surface area contributed by atoms with Gasteiger partial charge in [0.1, 0.15) is 5.76 Å². The molecule has 0 bridgehead atoms. The lowest BCUT2D eigenvalue weighted by Gasteiger charge is -2.30. The molecular formula is C19H27IN4O. The number of benzene rings is 1. The maximum absolute atomic E-state index is 5.79. The Kier molecular flexibility index (Phi) is 6.48. The molecule has 6 heteroatoms. The smallest absolute Gasteiger partial charge is 0.213 e. The van der Waals surface area contributed by atoms with E-state index in [2.05, 4.69) is 65.6 Å². The minimum absolute atomic E-state index is 0. The van der Waals surface area contributed by atoms with Gasteiger partial charge in [0.15, 0.2) is 5.96 Å². The van der Waals surface area contributed by atoms with Gasteiger partial charge >= 0.3 is 0 Å². The molecule has 0 aliphatic heterocycles. The predicted octanol–water partition coefficient (Wildman–Crippen LogP) is 3.60. The summed E-state index contributed by atoms with van der Waals surface area (Å²) in [6, 6.07) is 8.62. The number of aliphatic imine (C=N–C) groups is 1. The average Bonchev–Trinajstić information content (AvgIpc) is 3.00. The van der Waals surface area contributed by atoms with Crippen LogP contribution in [0.1, 0.15) is 49.5 Å². The second kappa shape index (κ2) is 8.21. The van der Waals surface area contributed by atoms with Crippen molar-refractivity contribution in [3.8, 4) is 0 Å². The topological polar surface area (TPSA) is 62.5 Å². The van der Waals surface area contributed by atoms with E-state index in [1.54, 1.807) is 13.2 Å². The first-order chi connectivity index (χ1) is 11.5. The van der Waals surface area contributed by atoms with Crippen molar-refractivity contribution >= 4 is 29.9 Å². The standard InChI is InChI=1S/C19H26N4O.HI/c1-19(2,3)16-11-21-17(24-16)12-23-18(20-4)22-10-14-9-13-7-5-6-8-15(13)14;/h5-8,11,14H,9-10,12H2,1-4H3,(H2,20,22,23);1H. The second-order valence-corrected chi connectivity index (χ2v) is 7.27. The number of fused-ring (bicyclic) bond motifs is 1. The molecule has 1 atom stereocenters. The van der Waals surface area contributed by atoms with E-state index in [4.69, 9.17) is 4.42 Å². The zero-order chi connectivity index (χ0) is 17.2. The lowest BCUT2D eigenvalue weighted by Crippen LogP contribution is -2.40. The van der Waals surface area contributed by atoms with Gasteiger partial charge in [-0.3, -0.25) is 4.99 Å². The first-order valence-electron chi connectivity index (χ1n) is 8.45. The fraction of sp³-hybridized carbons (Fsp3) is 0.474. The number of guanidine groups is 1. The number of hydrogen-bond acceptors (Lipinski definition) is 3. The molecular weight excluding hydrogens is 427 g/mol. The summed E-state index contributed by atoms with van der Waals surface area (Å²) in [5.74, 6) is 2.91. The van der Waals surface area contributed by atoms with Crippen molar-refractivity contribution in [2.75, 3.05) is 13.6 Å². The maximum Gasteiger partial charge on any atom is 0.213 e. The summed E-state index contributed by atoms with van der Waals surface area (Å²) < 4.78 is 5.79. The fourth-order valence-corrected chi connectivity index (χ4v) is 2.88. The van der Waals surface area contributed by atoms with Crippen LogP contribution in [0.25, 0.3) is 0 Å². The quantitative estimate of drug-likeness (QED) is 0.421. The van der Waals surface area contributed by atoms with Crippen molar-refractivity contribution < 1.29 is 4.42 Å². The van der Waals surface area contributed by atoms with Crippen molar-refractivity contribution in [1.82, 2.24) is 15.6 Å². The van der Waals surface area contributed by atoms with Gasteiger partial charge in [0, 0.05) is 24.9 Å². The molecule has 2 aromatic rings. The van der Waals surface area contributed by atoms with Crippen LogP contribution in [0.4, 0.5) is 0 Å². The number of nitrogens with one attached hydrogen (secondary N) is 2. The van der Waals surface area contributed by atoms with Crippen molar-refractivity contribution in [1.29, 1.82) is 0 Å². The van der Waals surface area contributed by atoms with E-state index >= 15 is 0 Å². The van der Waals surface area contributed by atoms with Crippen LogP contribution in [0.3, 0.4) is 0 Å². The summed E-state index contributed by atoms with van der Waals surface area (Å²) in [6.07, 6.45) is 2.94. The van der Waals surface area contributed by atoms with E-state index in [0.29, 0.717) is 18.4 Å².